The minimum atomic E-state index is 0.0471. The Morgan fingerprint density at radius 2 is 2.07 bits per heavy atom. The molecule has 0 radical (unpaired) electrons. The Morgan fingerprint density at radius 3 is 2.67 bits per heavy atom. The molecule has 4 heteroatoms. The van der Waals surface area contributed by atoms with E-state index in [2.05, 4.69) is 4.98 Å². The van der Waals surface area contributed by atoms with Crippen molar-refractivity contribution in [3.05, 3.63) is 28.2 Å². The van der Waals surface area contributed by atoms with Crippen LogP contribution >= 0.6 is 22.9 Å². The highest BCUT2D eigenvalue weighted by Crippen LogP contribution is 2.28. The van der Waals surface area contributed by atoms with Crippen LogP contribution in [0.15, 0.2) is 18.2 Å². The molecule has 0 unspecified atom stereocenters. The van der Waals surface area contributed by atoms with E-state index in [1.807, 2.05) is 26.0 Å². The number of fused-ring (bicyclic) bond motifs is 1. The zero-order chi connectivity index (χ0) is 11.4. The first-order chi connectivity index (χ1) is 7.18. The summed E-state index contributed by atoms with van der Waals surface area (Å²) in [5.41, 5.74) is 1.49. The highest BCUT2D eigenvalue weighted by molar-refractivity contribution is 7.22. The molecular weight excluding hydrogens is 230 g/mol. The molecule has 0 aliphatic rings. The van der Waals surface area contributed by atoms with Crippen LogP contribution in [-0.2, 0) is 0 Å². The van der Waals surface area contributed by atoms with Crippen LogP contribution in [0.5, 0.6) is 0 Å². The van der Waals surface area contributed by atoms with E-state index in [-0.39, 0.29) is 5.78 Å². The summed E-state index contributed by atoms with van der Waals surface area (Å²) in [5.74, 6) is 0.0471. The largest absolute Gasteiger partial charge is 0.294 e. The quantitative estimate of drug-likeness (QED) is 0.701. The van der Waals surface area contributed by atoms with Crippen molar-refractivity contribution in [2.45, 2.75) is 20.8 Å². The number of hydrogen-bond donors (Lipinski definition) is 0. The van der Waals surface area contributed by atoms with Gasteiger partial charge in [0.1, 0.15) is 0 Å². The lowest BCUT2D eigenvalue weighted by Gasteiger charge is -1.94. The summed E-state index contributed by atoms with van der Waals surface area (Å²) in [6, 6.07) is 5.46. The lowest BCUT2D eigenvalue weighted by Crippen LogP contribution is -1.90. The number of ketones is 1. The maximum atomic E-state index is 11.2. The maximum Gasteiger partial charge on any atom is 0.184 e. The van der Waals surface area contributed by atoms with Gasteiger partial charge in [-0.3, -0.25) is 4.79 Å². The van der Waals surface area contributed by atoms with E-state index in [0.29, 0.717) is 10.0 Å². The molecule has 1 aromatic heterocycles. The van der Waals surface area contributed by atoms with E-state index >= 15 is 0 Å². The Hall–Kier alpha value is -0.930. The first kappa shape index (κ1) is 12.1. The SMILES string of the molecule is CC.CC(=O)c1cccc2nc(Cl)sc12. The zero-order valence-electron chi connectivity index (χ0n) is 8.87. The molecule has 1 aromatic carbocycles. The summed E-state index contributed by atoms with van der Waals surface area (Å²) in [5, 5.41) is 0. The second kappa shape index (κ2) is 5.24. The summed E-state index contributed by atoms with van der Waals surface area (Å²) in [6.45, 7) is 5.54. The van der Waals surface area contributed by atoms with Gasteiger partial charge in [0.2, 0.25) is 0 Å². The molecule has 2 rings (SSSR count). The second-order valence-electron chi connectivity index (χ2n) is 2.68. The van der Waals surface area contributed by atoms with E-state index in [1.54, 1.807) is 13.0 Å². The van der Waals surface area contributed by atoms with Crippen molar-refractivity contribution in [1.29, 1.82) is 0 Å². The van der Waals surface area contributed by atoms with Crippen LogP contribution in [0.3, 0.4) is 0 Å². The van der Waals surface area contributed by atoms with Crippen molar-refractivity contribution in [2.75, 3.05) is 0 Å². The summed E-state index contributed by atoms with van der Waals surface area (Å²) in [7, 11) is 0. The van der Waals surface area contributed by atoms with Crippen LogP contribution in [-0.4, -0.2) is 10.8 Å². The molecule has 2 aromatic rings. The first-order valence-corrected chi connectivity index (χ1v) is 5.94. The van der Waals surface area contributed by atoms with Gasteiger partial charge in [0.25, 0.3) is 0 Å². The number of halogens is 1. The zero-order valence-corrected chi connectivity index (χ0v) is 10.4. The van der Waals surface area contributed by atoms with E-state index < -0.39 is 0 Å². The molecule has 0 aliphatic heterocycles. The van der Waals surface area contributed by atoms with Crippen molar-refractivity contribution < 1.29 is 4.79 Å². The smallest absolute Gasteiger partial charge is 0.184 e. The standard InChI is InChI=1S/C9H6ClNOS.C2H6/c1-5(12)6-3-2-4-7-8(6)13-9(10)11-7;1-2/h2-4H,1H3;1-2H3. The van der Waals surface area contributed by atoms with Gasteiger partial charge in [-0.05, 0) is 19.1 Å². The fourth-order valence-corrected chi connectivity index (χ4v) is 2.37. The maximum absolute atomic E-state index is 11.2. The highest BCUT2D eigenvalue weighted by Gasteiger charge is 2.08. The average Bonchev–Trinajstić information content (AvgIpc) is 2.60. The van der Waals surface area contributed by atoms with Crippen molar-refractivity contribution in [2.24, 2.45) is 0 Å². The Bertz CT molecular complexity index is 478. The summed E-state index contributed by atoms with van der Waals surface area (Å²) in [4.78, 5) is 15.3. The Balaban J connectivity index is 0.000000531. The number of benzene rings is 1. The number of rotatable bonds is 1. The molecule has 0 amide bonds. The molecule has 2 nitrogen and oxygen atoms in total. The van der Waals surface area contributed by atoms with Gasteiger partial charge in [0, 0.05) is 5.56 Å². The van der Waals surface area contributed by atoms with Crippen LogP contribution in [0.1, 0.15) is 31.1 Å². The molecule has 0 N–H and O–H groups in total. The molecule has 0 aliphatic carbocycles. The number of carbonyl (C=O) groups excluding carboxylic acids is 1. The Morgan fingerprint density at radius 1 is 1.40 bits per heavy atom. The molecular formula is C11H12ClNOS. The number of nitrogens with zero attached hydrogens (tertiary/aromatic N) is 1. The molecule has 0 bridgehead atoms. The number of hydrogen-bond acceptors (Lipinski definition) is 3. The monoisotopic (exact) mass is 241 g/mol. The molecule has 80 valence electrons. The van der Waals surface area contributed by atoms with Crippen molar-refractivity contribution in [3.8, 4) is 0 Å². The van der Waals surface area contributed by atoms with Gasteiger partial charge < -0.3 is 0 Å². The Kier molecular flexibility index (Phi) is 4.24. The number of thiazole rings is 1. The second-order valence-corrected chi connectivity index (χ2v) is 4.26. The number of Topliss-reactive ketones (excluding diaryl/α,β-unsaturated/α-hetero) is 1. The lowest BCUT2D eigenvalue weighted by molar-refractivity contribution is 0.101. The molecule has 15 heavy (non-hydrogen) atoms. The van der Waals surface area contributed by atoms with Crippen LogP contribution in [0, 0.1) is 0 Å². The topological polar surface area (TPSA) is 30.0 Å². The van der Waals surface area contributed by atoms with Crippen LogP contribution in [0.4, 0.5) is 0 Å². The summed E-state index contributed by atoms with van der Waals surface area (Å²) in [6.07, 6.45) is 0. The fourth-order valence-electron chi connectivity index (χ4n) is 1.20. The van der Waals surface area contributed by atoms with Gasteiger partial charge in [-0.2, -0.15) is 0 Å². The van der Waals surface area contributed by atoms with Gasteiger partial charge in [-0.1, -0.05) is 31.5 Å². The minimum Gasteiger partial charge on any atom is -0.294 e. The number of carbonyl (C=O) groups is 1. The van der Waals surface area contributed by atoms with Crippen LogP contribution in [0.2, 0.25) is 4.47 Å². The van der Waals surface area contributed by atoms with E-state index in [1.165, 1.54) is 11.3 Å². The van der Waals surface area contributed by atoms with Gasteiger partial charge >= 0.3 is 0 Å². The van der Waals surface area contributed by atoms with Gasteiger partial charge in [0.05, 0.1) is 10.2 Å². The predicted octanol–water partition coefficient (Wildman–Crippen LogP) is 4.18. The third-order valence-electron chi connectivity index (χ3n) is 1.77. The van der Waals surface area contributed by atoms with E-state index in [0.717, 1.165) is 10.2 Å². The molecule has 0 saturated carbocycles. The van der Waals surface area contributed by atoms with Gasteiger partial charge in [-0.25, -0.2) is 4.98 Å². The summed E-state index contributed by atoms with van der Waals surface area (Å²) >= 11 is 7.10. The van der Waals surface area contributed by atoms with Gasteiger partial charge in [0.15, 0.2) is 10.3 Å². The summed E-state index contributed by atoms with van der Waals surface area (Å²) < 4.78 is 1.35. The third-order valence-corrected chi connectivity index (χ3v) is 2.98. The first-order valence-electron chi connectivity index (χ1n) is 4.74. The molecule has 0 saturated heterocycles. The van der Waals surface area contributed by atoms with Crippen molar-refractivity contribution in [1.82, 2.24) is 4.98 Å². The molecule has 1 heterocycles. The molecule has 0 atom stereocenters. The third kappa shape index (κ3) is 2.55. The van der Waals surface area contributed by atoms with Crippen molar-refractivity contribution >= 4 is 38.9 Å². The average molecular weight is 242 g/mol. The highest BCUT2D eigenvalue weighted by atomic mass is 35.5. The van der Waals surface area contributed by atoms with Crippen LogP contribution < -0.4 is 0 Å². The van der Waals surface area contributed by atoms with Gasteiger partial charge in [-0.15, -0.1) is 11.3 Å². The fraction of sp³-hybridized carbons (Fsp3) is 0.273. The van der Waals surface area contributed by atoms with E-state index in [4.69, 9.17) is 11.6 Å². The molecule has 0 spiro atoms. The minimum absolute atomic E-state index is 0.0471. The number of aromatic nitrogens is 1. The molecule has 0 fully saturated rings. The normalized spacial score (nSPS) is 9.60. The van der Waals surface area contributed by atoms with Crippen LogP contribution in [0.25, 0.3) is 10.2 Å². The van der Waals surface area contributed by atoms with Crippen molar-refractivity contribution in [3.63, 3.8) is 0 Å². The predicted molar refractivity (Wildman–Crippen MR) is 66.0 cm³/mol. The Labute approximate surface area is 97.9 Å². The van der Waals surface area contributed by atoms with E-state index in [9.17, 15) is 4.79 Å². The lowest BCUT2D eigenvalue weighted by atomic mass is 10.1.